The molecule has 0 aromatic carbocycles. The molecular formula is C15H25N3O. The highest BCUT2D eigenvalue weighted by molar-refractivity contribution is 5.82. The molecule has 0 aliphatic heterocycles. The molecule has 0 aliphatic rings. The van der Waals surface area contributed by atoms with Crippen molar-refractivity contribution in [3.05, 3.63) is 18.0 Å². The van der Waals surface area contributed by atoms with E-state index in [-0.39, 0.29) is 5.78 Å². The minimum atomic E-state index is 0.237. The molecule has 19 heavy (non-hydrogen) atoms. The first kappa shape index (κ1) is 15.6. The van der Waals surface area contributed by atoms with Gasteiger partial charge in [0.15, 0.2) is 5.78 Å². The number of hydrogen-bond donors (Lipinski definition) is 0. The summed E-state index contributed by atoms with van der Waals surface area (Å²) in [7, 11) is 0. The van der Waals surface area contributed by atoms with Crippen LogP contribution in [0.4, 0.5) is 5.95 Å². The molecule has 0 unspecified atom stereocenters. The van der Waals surface area contributed by atoms with Crippen LogP contribution < -0.4 is 4.90 Å². The normalized spacial score (nSPS) is 10.5. The molecule has 0 spiro atoms. The first-order valence-electron chi connectivity index (χ1n) is 7.29. The largest absolute Gasteiger partial charge is 0.333 e. The van der Waals surface area contributed by atoms with E-state index in [1.165, 1.54) is 0 Å². The van der Waals surface area contributed by atoms with Gasteiger partial charge in [0.1, 0.15) is 0 Å². The zero-order valence-electron chi connectivity index (χ0n) is 12.4. The van der Waals surface area contributed by atoms with E-state index in [9.17, 15) is 4.79 Å². The van der Waals surface area contributed by atoms with Crippen molar-refractivity contribution in [1.29, 1.82) is 0 Å². The van der Waals surface area contributed by atoms with Crippen LogP contribution in [-0.4, -0.2) is 28.8 Å². The number of carbonyl (C=O) groups is 1. The predicted octanol–water partition coefficient (Wildman–Crippen LogP) is 3.01. The van der Waals surface area contributed by atoms with E-state index in [0.717, 1.165) is 37.9 Å². The molecule has 1 heterocycles. The fraction of sp³-hybridized carbons (Fsp3) is 0.667. The summed E-state index contributed by atoms with van der Waals surface area (Å²) in [6.45, 7) is 7.45. The van der Waals surface area contributed by atoms with Crippen LogP contribution in [0.15, 0.2) is 12.3 Å². The van der Waals surface area contributed by atoms with Crippen molar-refractivity contribution in [2.24, 2.45) is 0 Å². The molecule has 0 radical (unpaired) electrons. The number of hydrogen-bond acceptors (Lipinski definition) is 4. The summed E-state index contributed by atoms with van der Waals surface area (Å²) in [6.07, 6.45) is 6.54. The Morgan fingerprint density at radius 3 is 2.68 bits per heavy atom. The Morgan fingerprint density at radius 1 is 1.26 bits per heavy atom. The number of Topliss-reactive ketones (excluding diaryl/α,β-unsaturated/α-hetero) is 1. The van der Waals surface area contributed by atoms with Gasteiger partial charge >= 0.3 is 0 Å². The number of aryl methyl sites for hydroxylation is 1. The molecule has 1 aromatic heterocycles. The summed E-state index contributed by atoms with van der Waals surface area (Å²) >= 11 is 0. The lowest BCUT2D eigenvalue weighted by Gasteiger charge is -2.21. The summed E-state index contributed by atoms with van der Waals surface area (Å²) in [5.41, 5.74) is 1.05. The third-order valence-corrected chi connectivity index (χ3v) is 3.03. The van der Waals surface area contributed by atoms with Crippen molar-refractivity contribution in [3.8, 4) is 0 Å². The number of anilines is 1. The fourth-order valence-electron chi connectivity index (χ4n) is 1.86. The minimum absolute atomic E-state index is 0.237. The van der Waals surface area contributed by atoms with Gasteiger partial charge in [0.25, 0.3) is 0 Å². The van der Waals surface area contributed by atoms with Crippen LogP contribution in [0.25, 0.3) is 0 Å². The molecule has 4 heteroatoms. The second kappa shape index (κ2) is 8.62. The molecule has 4 nitrogen and oxygen atoms in total. The number of unbranched alkanes of at least 4 members (excludes halogenated alkanes) is 1. The SMILES string of the molecule is CCCCN(CC(=O)CC)c1nccc(CCC)n1. The molecule has 106 valence electrons. The summed E-state index contributed by atoms with van der Waals surface area (Å²) in [5, 5.41) is 0. The molecule has 0 amide bonds. The van der Waals surface area contributed by atoms with Gasteiger partial charge in [-0.3, -0.25) is 4.79 Å². The van der Waals surface area contributed by atoms with Gasteiger partial charge in [-0.25, -0.2) is 9.97 Å². The Labute approximate surface area is 116 Å². The van der Waals surface area contributed by atoms with E-state index in [1.807, 2.05) is 17.9 Å². The predicted molar refractivity (Wildman–Crippen MR) is 78.4 cm³/mol. The van der Waals surface area contributed by atoms with Crippen LogP contribution in [0, 0.1) is 0 Å². The van der Waals surface area contributed by atoms with Gasteiger partial charge in [-0.1, -0.05) is 33.6 Å². The van der Waals surface area contributed by atoms with Crippen LogP contribution in [0.1, 0.15) is 52.1 Å². The highest BCUT2D eigenvalue weighted by Gasteiger charge is 2.13. The minimum Gasteiger partial charge on any atom is -0.333 e. The molecular weight excluding hydrogens is 238 g/mol. The van der Waals surface area contributed by atoms with Crippen molar-refractivity contribution >= 4 is 11.7 Å². The van der Waals surface area contributed by atoms with Crippen LogP contribution in [-0.2, 0) is 11.2 Å². The van der Waals surface area contributed by atoms with Gasteiger partial charge in [-0.2, -0.15) is 0 Å². The highest BCUT2D eigenvalue weighted by atomic mass is 16.1. The number of rotatable bonds is 9. The summed E-state index contributed by atoms with van der Waals surface area (Å²) in [5.74, 6) is 0.932. The Bertz CT molecular complexity index is 393. The number of carbonyl (C=O) groups excluding carboxylic acids is 1. The van der Waals surface area contributed by atoms with E-state index in [1.54, 1.807) is 6.20 Å². The maximum Gasteiger partial charge on any atom is 0.225 e. The average molecular weight is 263 g/mol. The molecule has 1 rings (SSSR count). The maximum atomic E-state index is 11.7. The highest BCUT2D eigenvalue weighted by Crippen LogP contribution is 2.10. The van der Waals surface area contributed by atoms with Crippen molar-refractivity contribution in [2.45, 2.75) is 52.9 Å². The second-order valence-corrected chi connectivity index (χ2v) is 4.77. The zero-order valence-corrected chi connectivity index (χ0v) is 12.4. The standard InChI is InChI=1S/C15H25N3O/c1-4-7-11-18(12-14(19)6-3)15-16-10-9-13(17-15)8-5-2/h9-10H,4-8,11-12H2,1-3H3. The van der Waals surface area contributed by atoms with Crippen molar-refractivity contribution in [2.75, 3.05) is 18.0 Å². The van der Waals surface area contributed by atoms with Gasteiger partial charge in [0, 0.05) is 24.9 Å². The third kappa shape index (κ3) is 5.37. The number of ketones is 1. The van der Waals surface area contributed by atoms with Gasteiger partial charge in [-0.15, -0.1) is 0 Å². The number of nitrogens with zero attached hydrogens (tertiary/aromatic N) is 3. The Hall–Kier alpha value is -1.45. The van der Waals surface area contributed by atoms with Crippen molar-refractivity contribution in [3.63, 3.8) is 0 Å². The maximum absolute atomic E-state index is 11.7. The average Bonchev–Trinajstić information content (AvgIpc) is 2.43. The van der Waals surface area contributed by atoms with E-state index in [2.05, 4.69) is 23.8 Å². The lowest BCUT2D eigenvalue weighted by Crippen LogP contribution is -2.32. The molecule has 0 aliphatic carbocycles. The Kier molecular flexibility index (Phi) is 7.08. The lowest BCUT2D eigenvalue weighted by molar-refractivity contribution is -0.117. The summed E-state index contributed by atoms with van der Waals surface area (Å²) in [6, 6.07) is 1.95. The van der Waals surface area contributed by atoms with E-state index in [4.69, 9.17) is 0 Å². The zero-order chi connectivity index (χ0) is 14.1. The molecule has 0 atom stereocenters. The molecule has 0 saturated heterocycles. The first-order valence-corrected chi connectivity index (χ1v) is 7.29. The van der Waals surface area contributed by atoms with Crippen molar-refractivity contribution < 1.29 is 4.79 Å². The molecule has 1 aromatic rings. The van der Waals surface area contributed by atoms with Gasteiger partial charge in [-0.05, 0) is 18.9 Å². The smallest absolute Gasteiger partial charge is 0.225 e. The van der Waals surface area contributed by atoms with E-state index in [0.29, 0.717) is 18.9 Å². The second-order valence-electron chi connectivity index (χ2n) is 4.77. The van der Waals surface area contributed by atoms with E-state index < -0.39 is 0 Å². The number of aromatic nitrogens is 2. The van der Waals surface area contributed by atoms with Crippen LogP contribution in [0.5, 0.6) is 0 Å². The Balaban J connectivity index is 2.82. The van der Waals surface area contributed by atoms with Gasteiger partial charge < -0.3 is 4.90 Å². The van der Waals surface area contributed by atoms with Gasteiger partial charge in [0.05, 0.1) is 6.54 Å². The van der Waals surface area contributed by atoms with Crippen LogP contribution in [0.3, 0.4) is 0 Å². The van der Waals surface area contributed by atoms with E-state index >= 15 is 0 Å². The lowest BCUT2D eigenvalue weighted by atomic mass is 10.2. The topological polar surface area (TPSA) is 46.1 Å². The molecule has 0 fully saturated rings. The third-order valence-electron chi connectivity index (χ3n) is 3.03. The van der Waals surface area contributed by atoms with Crippen LogP contribution >= 0.6 is 0 Å². The fourth-order valence-corrected chi connectivity index (χ4v) is 1.86. The molecule has 0 bridgehead atoms. The monoisotopic (exact) mass is 263 g/mol. The van der Waals surface area contributed by atoms with Crippen LogP contribution in [0.2, 0.25) is 0 Å². The van der Waals surface area contributed by atoms with Crippen molar-refractivity contribution in [1.82, 2.24) is 9.97 Å². The molecule has 0 saturated carbocycles. The summed E-state index contributed by atoms with van der Waals surface area (Å²) < 4.78 is 0. The molecule has 0 N–H and O–H groups in total. The Morgan fingerprint density at radius 2 is 2.05 bits per heavy atom. The summed E-state index contributed by atoms with van der Waals surface area (Å²) in [4.78, 5) is 22.6. The first-order chi connectivity index (χ1) is 9.21. The quantitative estimate of drug-likeness (QED) is 0.687. The van der Waals surface area contributed by atoms with Gasteiger partial charge in [0.2, 0.25) is 5.95 Å².